The molecule has 3 nitrogen and oxygen atoms in total. The van der Waals surface area contributed by atoms with Gasteiger partial charge in [0.2, 0.25) is 0 Å². The summed E-state index contributed by atoms with van der Waals surface area (Å²) < 4.78 is 4.37. The van der Waals surface area contributed by atoms with Crippen molar-refractivity contribution in [2.45, 2.75) is 0 Å². The van der Waals surface area contributed by atoms with Gasteiger partial charge in [-0.1, -0.05) is 0 Å². The molecule has 0 amide bonds. The van der Waals surface area contributed by atoms with Gasteiger partial charge in [0.25, 0.3) is 0 Å². The van der Waals surface area contributed by atoms with Crippen molar-refractivity contribution in [2.24, 2.45) is 0 Å². The second-order valence-electron chi connectivity index (χ2n) is 3.39. The van der Waals surface area contributed by atoms with Gasteiger partial charge in [0.1, 0.15) is 0 Å². The van der Waals surface area contributed by atoms with Crippen LogP contribution >= 0.6 is 35.3 Å². The van der Waals surface area contributed by atoms with E-state index in [2.05, 4.69) is 6.92 Å². The van der Waals surface area contributed by atoms with Gasteiger partial charge in [-0.3, -0.25) is 13.3 Å². The number of hydrogen-bond donors (Lipinski definition) is 0. The highest BCUT2D eigenvalue weighted by Crippen LogP contribution is 2.35. The predicted molar refractivity (Wildman–Crippen MR) is 73.7 cm³/mol. The highest BCUT2D eigenvalue weighted by Gasteiger charge is 2.13. The maximum Gasteiger partial charge on any atom is 0.0594 e. The molecule has 1 radical (unpaired) electrons. The zero-order valence-corrected chi connectivity index (χ0v) is 11.6. The lowest BCUT2D eigenvalue weighted by Crippen LogP contribution is -2.11. The first-order valence-corrected chi connectivity index (χ1v) is 5.54. The summed E-state index contributed by atoms with van der Waals surface area (Å²) >= 11 is 17.8. The maximum atomic E-state index is 5.93. The van der Waals surface area contributed by atoms with E-state index in [4.69, 9.17) is 35.3 Å². The standard InChI is InChI=1S/C10H13Cl3N3/c1-7-9(15(3)12)5-8(14(2)11)6-10(7)16(4)13/h5-6H,1H2,2-4H3. The number of halogens is 3. The van der Waals surface area contributed by atoms with Crippen LogP contribution in [-0.2, 0) is 0 Å². The summed E-state index contributed by atoms with van der Waals surface area (Å²) in [7, 11) is 5.18. The third-order valence-corrected chi connectivity index (χ3v) is 2.77. The molecule has 6 heteroatoms. The van der Waals surface area contributed by atoms with E-state index in [0.29, 0.717) is 0 Å². The lowest BCUT2D eigenvalue weighted by molar-refractivity contribution is 1.25. The first kappa shape index (κ1) is 13.6. The van der Waals surface area contributed by atoms with Crippen LogP contribution in [0.4, 0.5) is 17.1 Å². The average molecular weight is 282 g/mol. The largest absolute Gasteiger partial charge is 0.288 e. The molecule has 89 valence electrons. The smallest absolute Gasteiger partial charge is 0.0594 e. The van der Waals surface area contributed by atoms with Crippen LogP contribution in [0.3, 0.4) is 0 Å². The molecule has 0 bridgehead atoms. The summed E-state index contributed by atoms with van der Waals surface area (Å²) in [5.41, 5.74) is 3.06. The molecule has 1 rings (SSSR count). The summed E-state index contributed by atoms with van der Waals surface area (Å²) in [6, 6.07) is 3.68. The minimum atomic E-state index is 0.747. The quantitative estimate of drug-likeness (QED) is 0.783. The van der Waals surface area contributed by atoms with E-state index in [9.17, 15) is 0 Å². The summed E-state index contributed by atoms with van der Waals surface area (Å²) in [6.45, 7) is 3.95. The number of nitrogens with zero attached hydrogens (tertiary/aromatic N) is 3. The van der Waals surface area contributed by atoms with Crippen molar-refractivity contribution in [3.63, 3.8) is 0 Å². The first-order valence-electron chi connectivity index (χ1n) is 4.53. The van der Waals surface area contributed by atoms with E-state index >= 15 is 0 Å². The lowest BCUT2D eigenvalue weighted by Gasteiger charge is -2.22. The van der Waals surface area contributed by atoms with Crippen molar-refractivity contribution in [1.82, 2.24) is 0 Å². The number of anilines is 3. The van der Waals surface area contributed by atoms with Crippen LogP contribution in [0.5, 0.6) is 0 Å². The maximum absolute atomic E-state index is 5.93. The highest BCUT2D eigenvalue weighted by molar-refractivity contribution is 6.28. The van der Waals surface area contributed by atoms with Crippen molar-refractivity contribution >= 4 is 52.4 Å². The normalized spacial score (nSPS) is 10.2. The van der Waals surface area contributed by atoms with Crippen molar-refractivity contribution < 1.29 is 0 Å². The Morgan fingerprint density at radius 2 is 1.25 bits per heavy atom. The molecular formula is C10H13Cl3N3. The fraction of sp³-hybridized carbons (Fsp3) is 0.300. The van der Waals surface area contributed by atoms with Gasteiger partial charge in [-0.05, 0) is 19.1 Å². The Balaban J connectivity index is 3.39. The van der Waals surface area contributed by atoms with Gasteiger partial charge in [0.05, 0.1) is 17.1 Å². The Morgan fingerprint density at radius 3 is 1.50 bits per heavy atom. The highest BCUT2D eigenvalue weighted by atomic mass is 35.5. The van der Waals surface area contributed by atoms with Crippen LogP contribution in [0, 0.1) is 6.92 Å². The Bertz CT molecular complexity index is 349. The van der Waals surface area contributed by atoms with Crippen LogP contribution in [0.15, 0.2) is 12.1 Å². The number of benzene rings is 1. The monoisotopic (exact) mass is 280 g/mol. The van der Waals surface area contributed by atoms with Crippen LogP contribution in [0.25, 0.3) is 0 Å². The second-order valence-corrected chi connectivity index (χ2v) is 4.92. The van der Waals surface area contributed by atoms with Crippen molar-refractivity contribution in [1.29, 1.82) is 0 Å². The molecule has 0 saturated carbocycles. The molecule has 0 aliphatic carbocycles. The molecule has 0 heterocycles. The van der Waals surface area contributed by atoms with Gasteiger partial charge in [-0.15, -0.1) is 0 Å². The fourth-order valence-electron chi connectivity index (χ4n) is 1.35. The van der Waals surface area contributed by atoms with Gasteiger partial charge < -0.3 is 0 Å². The number of hydrogen-bond acceptors (Lipinski definition) is 3. The van der Waals surface area contributed by atoms with E-state index in [0.717, 1.165) is 22.6 Å². The first-order chi connectivity index (χ1) is 7.34. The SMILES string of the molecule is [CH2]c1c(N(C)Cl)cc(N(C)Cl)cc1N(C)Cl. The third-order valence-electron chi connectivity index (χ3n) is 2.21. The van der Waals surface area contributed by atoms with Gasteiger partial charge in [0, 0.05) is 62.0 Å². The topological polar surface area (TPSA) is 9.72 Å². The summed E-state index contributed by atoms with van der Waals surface area (Å²) in [4.78, 5) is 0. The van der Waals surface area contributed by atoms with Crippen molar-refractivity contribution in [3.05, 3.63) is 24.6 Å². The predicted octanol–water partition coefficient (Wildman–Crippen LogP) is 3.64. The molecule has 0 N–H and O–H groups in total. The third kappa shape index (κ3) is 2.78. The Morgan fingerprint density at radius 1 is 0.875 bits per heavy atom. The minimum absolute atomic E-state index is 0.747. The Labute approximate surface area is 111 Å². The summed E-state index contributed by atoms with van der Waals surface area (Å²) in [6.07, 6.45) is 0. The van der Waals surface area contributed by atoms with Gasteiger partial charge >= 0.3 is 0 Å². The van der Waals surface area contributed by atoms with Crippen LogP contribution in [-0.4, -0.2) is 21.1 Å². The molecule has 0 aromatic heterocycles. The van der Waals surface area contributed by atoms with E-state index < -0.39 is 0 Å². The van der Waals surface area contributed by atoms with Crippen molar-refractivity contribution in [2.75, 3.05) is 34.4 Å². The molecule has 0 fully saturated rings. The molecule has 0 spiro atoms. The van der Waals surface area contributed by atoms with Crippen LogP contribution in [0.2, 0.25) is 0 Å². The molecule has 0 unspecified atom stereocenters. The van der Waals surface area contributed by atoms with E-state index in [1.54, 1.807) is 21.1 Å². The average Bonchev–Trinajstić information content (AvgIpc) is 2.16. The summed E-state index contributed by atoms with van der Waals surface area (Å²) in [5.74, 6) is 0. The second kappa shape index (κ2) is 5.21. The van der Waals surface area contributed by atoms with E-state index in [1.165, 1.54) is 13.3 Å². The molecule has 0 atom stereocenters. The zero-order valence-electron chi connectivity index (χ0n) is 9.34. The molecular weight excluding hydrogens is 268 g/mol. The Hall–Kier alpha value is -0.510. The van der Waals surface area contributed by atoms with Crippen LogP contribution < -0.4 is 13.3 Å². The molecule has 0 aliphatic heterocycles. The van der Waals surface area contributed by atoms with E-state index in [-0.39, 0.29) is 0 Å². The van der Waals surface area contributed by atoms with Crippen molar-refractivity contribution in [3.8, 4) is 0 Å². The fourth-order valence-corrected chi connectivity index (χ4v) is 1.75. The summed E-state index contributed by atoms with van der Waals surface area (Å²) in [5, 5.41) is 0. The molecule has 0 saturated heterocycles. The van der Waals surface area contributed by atoms with Gasteiger partial charge in [-0.25, -0.2) is 0 Å². The van der Waals surface area contributed by atoms with Crippen LogP contribution in [0.1, 0.15) is 5.56 Å². The van der Waals surface area contributed by atoms with Gasteiger partial charge in [-0.2, -0.15) is 0 Å². The molecule has 1 aromatic carbocycles. The number of rotatable bonds is 3. The Kier molecular flexibility index (Phi) is 4.42. The molecule has 0 aliphatic rings. The molecule has 1 aromatic rings. The molecule has 16 heavy (non-hydrogen) atoms. The van der Waals surface area contributed by atoms with Gasteiger partial charge in [0.15, 0.2) is 0 Å². The zero-order chi connectivity index (χ0) is 12.5. The minimum Gasteiger partial charge on any atom is -0.288 e. The van der Waals surface area contributed by atoms with E-state index in [1.807, 2.05) is 12.1 Å². The lowest BCUT2D eigenvalue weighted by atomic mass is 10.1.